The largest absolute Gasteiger partial charge is 0.444 e. The summed E-state index contributed by atoms with van der Waals surface area (Å²) in [6.07, 6.45) is 2.57. The number of pyridine rings is 1. The van der Waals surface area contributed by atoms with E-state index >= 15 is 4.39 Å². The minimum Gasteiger partial charge on any atom is -0.444 e. The van der Waals surface area contributed by atoms with Crippen molar-refractivity contribution in [2.45, 2.75) is 46.8 Å². The summed E-state index contributed by atoms with van der Waals surface area (Å²) < 4.78 is 23.5. The van der Waals surface area contributed by atoms with Gasteiger partial charge in [-0.2, -0.15) is 5.10 Å². The van der Waals surface area contributed by atoms with Gasteiger partial charge in [0, 0.05) is 38.5 Å². The zero-order valence-electron chi connectivity index (χ0n) is 16.4. The number of aryl methyl sites for hydroxylation is 1. The van der Waals surface area contributed by atoms with E-state index in [4.69, 9.17) is 4.74 Å². The highest BCUT2D eigenvalue weighted by atomic mass is 127. The van der Waals surface area contributed by atoms with Gasteiger partial charge in [-0.1, -0.05) is 12.1 Å². The Labute approximate surface area is 176 Å². The molecule has 0 saturated heterocycles. The number of ether oxygens (including phenoxy) is 1. The average Bonchev–Trinajstić information content (AvgIpc) is 2.96. The third-order valence-electron chi connectivity index (χ3n) is 4.26. The zero-order chi connectivity index (χ0) is 20.6. The summed E-state index contributed by atoms with van der Waals surface area (Å²) in [6, 6.07) is 3.57. The lowest BCUT2D eigenvalue weighted by Crippen LogP contribution is -2.27. The Morgan fingerprint density at radius 3 is 2.61 bits per heavy atom. The van der Waals surface area contributed by atoms with Gasteiger partial charge in [0.1, 0.15) is 17.2 Å². The lowest BCUT2D eigenvalue weighted by atomic mass is 10.0. The first kappa shape index (κ1) is 20.5. The molecule has 0 unspecified atom stereocenters. The number of amides is 1. The van der Waals surface area contributed by atoms with E-state index < -0.39 is 17.5 Å². The summed E-state index contributed by atoms with van der Waals surface area (Å²) in [4.78, 5) is 16.4. The van der Waals surface area contributed by atoms with Crippen LogP contribution >= 0.6 is 22.6 Å². The van der Waals surface area contributed by atoms with Crippen LogP contribution in [-0.2, 0) is 11.3 Å². The van der Waals surface area contributed by atoms with Crippen LogP contribution in [0, 0.1) is 16.3 Å². The summed E-state index contributed by atoms with van der Waals surface area (Å²) in [6.45, 7) is 9.88. The van der Waals surface area contributed by atoms with Gasteiger partial charge in [0.15, 0.2) is 0 Å². The van der Waals surface area contributed by atoms with Crippen molar-refractivity contribution in [3.05, 3.63) is 39.6 Å². The van der Waals surface area contributed by atoms with Crippen molar-refractivity contribution in [3.8, 4) is 11.1 Å². The number of anilines is 1. The van der Waals surface area contributed by atoms with Crippen molar-refractivity contribution in [2.75, 3.05) is 5.32 Å². The third-order valence-corrected chi connectivity index (χ3v) is 5.11. The first-order chi connectivity index (χ1) is 13.1. The normalized spacial score (nSPS) is 11.7. The number of carbonyl (C=O) groups is 1. The van der Waals surface area contributed by atoms with Gasteiger partial charge in [-0.3, -0.25) is 10.00 Å². The Bertz CT molecular complexity index is 1060. The maximum atomic E-state index is 15.6. The number of fused-ring (bicyclic) bond motifs is 1. The van der Waals surface area contributed by atoms with E-state index in [1.165, 1.54) is 0 Å². The number of benzene rings is 1. The standard InChI is InChI=1S/C20H22FIN4O2/c1-6-26-11(2)14(9-24-26)12-7-8-13-15(22)10-23-18(16(13)17(12)21)25-19(27)28-20(3,4)5/h7-10H,6H2,1-5H3,(H,23,25,27). The number of carbonyl (C=O) groups excluding carboxylic acids is 1. The zero-order valence-corrected chi connectivity index (χ0v) is 18.6. The minimum atomic E-state index is -0.678. The SMILES string of the molecule is CCn1ncc(-c2ccc3c(I)cnc(NC(=O)OC(C)(C)C)c3c2F)c1C. The van der Waals surface area contributed by atoms with Crippen LogP contribution < -0.4 is 5.32 Å². The Morgan fingerprint density at radius 2 is 2.00 bits per heavy atom. The second-order valence-electron chi connectivity index (χ2n) is 7.39. The molecule has 0 aliphatic carbocycles. The second kappa shape index (κ2) is 7.65. The summed E-state index contributed by atoms with van der Waals surface area (Å²) in [5, 5.41) is 7.81. The van der Waals surface area contributed by atoms with Gasteiger partial charge in [0.2, 0.25) is 0 Å². The van der Waals surface area contributed by atoms with E-state index in [-0.39, 0.29) is 11.2 Å². The molecule has 1 N–H and O–H groups in total. The molecule has 0 spiro atoms. The van der Waals surface area contributed by atoms with E-state index in [0.29, 0.717) is 23.1 Å². The van der Waals surface area contributed by atoms with Gasteiger partial charge >= 0.3 is 6.09 Å². The molecule has 6 nitrogen and oxygen atoms in total. The number of hydrogen-bond acceptors (Lipinski definition) is 4. The number of rotatable bonds is 3. The lowest BCUT2D eigenvalue weighted by Gasteiger charge is -2.20. The van der Waals surface area contributed by atoms with Gasteiger partial charge in [-0.25, -0.2) is 14.2 Å². The molecule has 0 aliphatic rings. The maximum absolute atomic E-state index is 15.6. The Morgan fingerprint density at radius 1 is 1.29 bits per heavy atom. The number of halogens is 2. The summed E-state index contributed by atoms with van der Waals surface area (Å²) in [7, 11) is 0. The highest BCUT2D eigenvalue weighted by molar-refractivity contribution is 14.1. The summed E-state index contributed by atoms with van der Waals surface area (Å²) in [5.74, 6) is -0.321. The van der Waals surface area contributed by atoms with Crippen molar-refractivity contribution in [1.82, 2.24) is 14.8 Å². The minimum absolute atomic E-state index is 0.129. The molecule has 2 heterocycles. The molecular formula is C20H22FIN4O2. The molecule has 3 rings (SSSR count). The van der Waals surface area contributed by atoms with Gasteiger partial charge in [-0.05, 0) is 57.2 Å². The van der Waals surface area contributed by atoms with Gasteiger partial charge in [0.25, 0.3) is 0 Å². The van der Waals surface area contributed by atoms with Crippen molar-refractivity contribution in [2.24, 2.45) is 0 Å². The number of nitrogens with zero attached hydrogens (tertiary/aromatic N) is 3. The number of aromatic nitrogens is 3. The molecule has 1 amide bonds. The molecular weight excluding hydrogens is 474 g/mol. The van der Waals surface area contributed by atoms with Crippen LogP contribution in [0.25, 0.3) is 21.9 Å². The first-order valence-electron chi connectivity index (χ1n) is 8.92. The van der Waals surface area contributed by atoms with Gasteiger partial charge in [0.05, 0.1) is 11.6 Å². The average molecular weight is 496 g/mol. The fourth-order valence-corrected chi connectivity index (χ4v) is 3.58. The quantitative estimate of drug-likeness (QED) is 0.485. The summed E-state index contributed by atoms with van der Waals surface area (Å²) >= 11 is 2.10. The molecule has 0 aliphatic heterocycles. The van der Waals surface area contributed by atoms with Crippen LogP contribution in [0.5, 0.6) is 0 Å². The van der Waals surface area contributed by atoms with E-state index in [2.05, 4.69) is 38.0 Å². The fraction of sp³-hybridized carbons (Fsp3) is 0.350. The monoisotopic (exact) mass is 496 g/mol. The molecule has 0 fully saturated rings. The topological polar surface area (TPSA) is 69.0 Å². The maximum Gasteiger partial charge on any atom is 0.413 e. The fourth-order valence-electron chi connectivity index (χ4n) is 2.99. The molecule has 8 heteroatoms. The summed E-state index contributed by atoms with van der Waals surface area (Å²) in [5.41, 5.74) is 1.34. The predicted molar refractivity (Wildman–Crippen MR) is 116 cm³/mol. The Kier molecular flexibility index (Phi) is 5.60. The highest BCUT2D eigenvalue weighted by Gasteiger charge is 2.21. The Balaban J connectivity index is 2.14. The molecule has 28 heavy (non-hydrogen) atoms. The Hall–Kier alpha value is -2.23. The molecule has 0 atom stereocenters. The molecule has 0 saturated carbocycles. The predicted octanol–water partition coefficient (Wildman–Crippen LogP) is 5.52. The second-order valence-corrected chi connectivity index (χ2v) is 8.55. The first-order valence-corrected chi connectivity index (χ1v) is 9.99. The van der Waals surface area contributed by atoms with E-state index in [1.807, 2.05) is 24.6 Å². The molecule has 3 aromatic rings. The molecule has 1 aromatic carbocycles. The van der Waals surface area contributed by atoms with Crippen LogP contribution in [-0.4, -0.2) is 26.5 Å². The van der Waals surface area contributed by atoms with Crippen molar-refractivity contribution in [3.63, 3.8) is 0 Å². The van der Waals surface area contributed by atoms with Crippen LogP contribution in [0.3, 0.4) is 0 Å². The van der Waals surface area contributed by atoms with Gasteiger partial charge < -0.3 is 4.74 Å². The smallest absolute Gasteiger partial charge is 0.413 e. The van der Waals surface area contributed by atoms with Crippen molar-refractivity contribution < 1.29 is 13.9 Å². The molecule has 0 bridgehead atoms. The van der Waals surface area contributed by atoms with Crippen LogP contribution in [0.1, 0.15) is 33.4 Å². The van der Waals surface area contributed by atoms with Crippen LogP contribution in [0.2, 0.25) is 0 Å². The van der Waals surface area contributed by atoms with E-state index in [1.54, 1.807) is 39.2 Å². The van der Waals surface area contributed by atoms with Crippen molar-refractivity contribution in [1.29, 1.82) is 0 Å². The molecule has 2 aromatic heterocycles. The number of hydrogen-bond donors (Lipinski definition) is 1. The third kappa shape index (κ3) is 3.96. The highest BCUT2D eigenvalue weighted by Crippen LogP contribution is 2.35. The van der Waals surface area contributed by atoms with Crippen LogP contribution in [0.15, 0.2) is 24.5 Å². The van der Waals surface area contributed by atoms with Gasteiger partial charge in [-0.15, -0.1) is 0 Å². The molecule has 148 valence electrons. The number of nitrogens with one attached hydrogen (secondary N) is 1. The van der Waals surface area contributed by atoms with E-state index in [9.17, 15) is 4.79 Å². The van der Waals surface area contributed by atoms with Crippen LogP contribution in [0.4, 0.5) is 15.0 Å². The molecule has 0 radical (unpaired) electrons. The lowest BCUT2D eigenvalue weighted by molar-refractivity contribution is 0.0635. The van der Waals surface area contributed by atoms with E-state index in [0.717, 1.165) is 9.26 Å². The van der Waals surface area contributed by atoms with Crippen molar-refractivity contribution >= 4 is 45.3 Å².